The largest absolute Gasteiger partial charge is 0.342 e. The highest BCUT2D eigenvalue weighted by atomic mass is 16.2. The van der Waals surface area contributed by atoms with Crippen molar-refractivity contribution in [1.82, 2.24) is 19.9 Å². The fourth-order valence-corrected chi connectivity index (χ4v) is 3.48. The molecule has 1 aromatic carbocycles. The Morgan fingerprint density at radius 3 is 2.96 bits per heavy atom. The van der Waals surface area contributed by atoms with Crippen molar-refractivity contribution in [2.24, 2.45) is 0 Å². The summed E-state index contributed by atoms with van der Waals surface area (Å²) in [5, 5.41) is 0. The van der Waals surface area contributed by atoms with Gasteiger partial charge in [-0.2, -0.15) is 0 Å². The number of aryl methyl sites for hydroxylation is 1. The molecule has 132 valence electrons. The first-order valence-corrected chi connectivity index (χ1v) is 9.02. The number of nitrogens with zero attached hydrogens (tertiary/aromatic N) is 3. The van der Waals surface area contributed by atoms with Crippen LogP contribution in [0.25, 0.3) is 17.1 Å². The highest BCUT2D eigenvalue weighted by Crippen LogP contribution is 2.27. The highest BCUT2D eigenvalue weighted by Gasteiger charge is 2.25. The van der Waals surface area contributed by atoms with Crippen LogP contribution < -0.4 is 0 Å². The molecule has 1 aliphatic rings. The van der Waals surface area contributed by atoms with E-state index < -0.39 is 0 Å². The van der Waals surface area contributed by atoms with Gasteiger partial charge in [-0.25, -0.2) is 4.98 Å². The number of aromatic amines is 1. The molecule has 1 atom stereocenters. The summed E-state index contributed by atoms with van der Waals surface area (Å²) >= 11 is 0. The molecule has 1 amide bonds. The molecule has 1 unspecified atom stereocenters. The third-order valence-electron chi connectivity index (χ3n) is 4.90. The predicted octanol–water partition coefficient (Wildman–Crippen LogP) is 3.69. The van der Waals surface area contributed by atoms with Gasteiger partial charge in [0.05, 0.1) is 11.0 Å². The number of hydrogen-bond donors (Lipinski definition) is 1. The van der Waals surface area contributed by atoms with Crippen molar-refractivity contribution in [3.05, 3.63) is 65.8 Å². The molecular weight excluding hydrogens is 324 g/mol. The molecule has 1 aliphatic heterocycles. The van der Waals surface area contributed by atoms with Gasteiger partial charge in [-0.15, -0.1) is 0 Å². The summed E-state index contributed by atoms with van der Waals surface area (Å²) in [6.45, 7) is 3.59. The monoisotopic (exact) mass is 346 g/mol. The Balaban J connectivity index is 1.48. The van der Waals surface area contributed by atoms with E-state index in [2.05, 4.69) is 29.0 Å². The number of nitrogens with one attached hydrogen (secondary N) is 1. The Kier molecular flexibility index (Phi) is 4.52. The van der Waals surface area contributed by atoms with Gasteiger partial charge in [0, 0.05) is 37.5 Å². The maximum absolute atomic E-state index is 12.6. The number of rotatable bonds is 3. The lowest BCUT2D eigenvalue weighted by atomic mass is 9.97. The van der Waals surface area contributed by atoms with Crippen LogP contribution in [-0.4, -0.2) is 38.8 Å². The maximum atomic E-state index is 12.6. The fourth-order valence-electron chi connectivity index (χ4n) is 3.48. The van der Waals surface area contributed by atoms with Crippen molar-refractivity contribution in [2.45, 2.75) is 25.7 Å². The molecule has 2 aromatic heterocycles. The number of imidazole rings is 1. The van der Waals surface area contributed by atoms with Crippen molar-refractivity contribution in [2.75, 3.05) is 13.1 Å². The van der Waals surface area contributed by atoms with Crippen LogP contribution in [0.3, 0.4) is 0 Å². The van der Waals surface area contributed by atoms with E-state index in [1.54, 1.807) is 18.5 Å². The van der Waals surface area contributed by atoms with Crippen LogP contribution in [0.1, 0.15) is 35.7 Å². The minimum absolute atomic E-state index is 0.0541. The first-order valence-electron chi connectivity index (χ1n) is 9.02. The van der Waals surface area contributed by atoms with Gasteiger partial charge in [-0.05, 0) is 61.2 Å². The number of H-pyrrole nitrogens is 1. The van der Waals surface area contributed by atoms with Gasteiger partial charge in [-0.3, -0.25) is 9.78 Å². The number of benzene rings is 1. The molecule has 3 heterocycles. The maximum Gasteiger partial charge on any atom is 0.246 e. The first kappa shape index (κ1) is 16.5. The van der Waals surface area contributed by atoms with Gasteiger partial charge < -0.3 is 9.88 Å². The topological polar surface area (TPSA) is 61.9 Å². The van der Waals surface area contributed by atoms with Crippen LogP contribution in [-0.2, 0) is 4.79 Å². The van der Waals surface area contributed by atoms with E-state index in [-0.39, 0.29) is 11.8 Å². The van der Waals surface area contributed by atoms with Crippen molar-refractivity contribution in [1.29, 1.82) is 0 Å². The third kappa shape index (κ3) is 3.52. The second-order valence-corrected chi connectivity index (χ2v) is 6.88. The second kappa shape index (κ2) is 7.12. The van der Waals surface area contributed by atoms with E-state index in [1.165, 1.54) is 5.56 Å². The quantitative estimate of drug-likeness (QED) is 0.736. The van der Waals surface area contributed by atoms with Gasteiger partial charge in [0.25, 0.3) is 0 Å². The number of fused-ring (bicyclic) bond motifs is 1. The molecule has 1 N–H and O–H groups in total. The standard InChI is InChI=1S/C21H22N4O/c1-15-4-6-18-19(13-15)24-21(23-18)17-3-2-12-25(14-17)20(26)7-5-16-8-10-22-11-9-16/h4-11,13,17H,2-3,12,14H2,1H3,(H,23,24). The van der Waals surface area contributed by atoms with Crippen molar-refractivity contribution < 1.29 is 4.79 Å². The number of carbonyl (C=O) groups excluding carboxylic acids is 1. The van der Waals surface area contributed by atoms with Gasteiger partial charge in [0.15, 0.2) is 0 Å². The van der Waals surface area contributed by atoms with Crippen molar-refractivity contribution in [3.63, 3.8) is 0 Å². The van der Waals surface area contributed by atoms with Crippen molar-refractivity contribution in [3.8, 4) is 0 Å². The second-order valence-electron chi connectivity index (χ2n) is 6.88. The summed E-state index contributed by atoms with van der Waals surface area (Å²) in [7, 11) is 0. The molecule has 4 rings (SSSR count). The molecule has 5 nitrogen and oxygen atoms in total. The van der Waals surface area contributed by atoms with Crippen LogP contribution in [0.5, 0.6) is 0 Å². The van der Waals surface area contributed by atoms with Crippen LogP contribution >= 0.6 is 0 Å². The average Bonchev–Trinajstić information content (AvgIpc) is 3.10. The summed E-state index contributed by atoms with van der Waals surface area (Å²) in [5.74, 6) is 1.30. The third-order valence-corrected chi connectivity index (χ3v) is 4.90. The molecule has 0 saturated carbocycles. The summed E-state index contributed by atoms with van der Waals surface area (Å²) in [6, 6.07) is 10.0. The Bertz CT molecular complexity index is 945. The Morgan fingerprint density at radius 2 is 2.12 bits per heavy atom. The van der Waals surface area contributed by atoms with E-state index >= 15 is 0 Å². The smallest absolute Gasteiger partial charge is 0.246 e. The number of pyridine rings is 1. The van der Waals surface area contributed by atoms with Crippen molar-refractivity contribution >= 4 is 23.0 Å². The summed E-state index contributed by atoms with van der Waals surface area (Å²) < 4.78 is 0. The first-order chi connectivity index (χ1) is 12.7. The van der Waals surface area contributed by atoms with E-state index in [0.717, 1.165) is 41.8 Å². The van der Waals surface area contributed by atoms with Crippen LogP contribution in [0.2, 0.25) is 0 Å². The lowest BCUT2D eigenvalue weighted by Gasteiger charge is -2.31. The Labute approximate surface area is 152 Å². The SMILES string of the molecule is Cc1ccc2nc(C3CCCN(C(=O)C=Cc4ccncc4)C3)[nH]c2c1. The van der Waals surface area contributed by atoms with E-state index in [1.807, 2.05) is 29.2 Å². The summed E-state index contributed by atoms with van der Waals surface area (Å²) in [4.78, 5) is 26.7. The number of hydrogen-bond acceptors (Lipinski definition) is 3. The molecule has 1 fully saturated rings. The highest BCUT2D eigenvalue weighted by molar-refractivity contribution is 5.91. The number of likely N-dealkylation sites (tertiary alicyclic amines) is 1. The lowest BCUT2D eigenvalue weighted by molar-refractivity contribution is -0.127. The van der Waals surface area contributed by atoms with E-state index in [4.69, 9.17) is 4.98 Å². The zero-order valence-corrected chi connectivity index (χ0v) is 14.9. The minimum Gasteiger partial charge on any atom is -0.342 e. The molecular formula is C21H22N4O. The van der Waals surface area contributed by atoms with Gasteiger partial charge in [-0.1, -0.05) is 6.07 Å². The summed E-state index contributed by atoms with van der Waals surface area (Å²) in [6.07, 6.45) is 9.00. The minimum atomic E-state index is 0.0541. The van der Waals surface area contributed by atoms with Gasteiger partial charge in [0.2, 0.25) is 5.91 Å². The number of piperidine rings is 1. The number of carbonyl (C=O) groups is 1. The molecule has 3 aromatic rings. The molecule has 26 heavy (non-hydrogen) atoms. The lowest BCUT2D eigenvalue weighted by Crippen LogP contribution is -2.38. The normalized spacial score (nSPS) is 17.9. The molecule has 0 spiro atoms. The predicted molar refractivity (Wildman–Crippen MR) is 103 cm³/mol. The molecule has 1 saturated heterocycles. The molecule has 0 bridgehead atoms. The molecule has 0 aliphatic carbocycles. The Morgan fingerprint density at radius 1 is 1.27 bits per heavy atom. The van der Waals surface area contributed by atoms with E-state index in [0.29, 0.717) is 6.54 Å². The average molecular weight is 346 g/mol. The van der Waals surface area contributed by atoms with Gasteiger partial charge in [0.1, 0.15) is 5.82 Å². The van der Waals surface area contributed by atoms with Gasteiger partial charge >= 0.3 is 0 Å². The number of amides is 1. The molecule has 5 heteroatoms. The summed E-state index contributed by atoms with van der Waals surface area (Å²) in [5.41, 5.74) is 4.26. The Hall–Kier alpha value is -2.95. The molecule has 0 radical (unpaired) electrons. The van der Waals surface area contributed by atoms with E-state index in [9.17, 15) is 4.79 Å². The van der Waals surface area contributed by atoms with Crippen LogP contribution in [0.4, 0.5) is 0 Å². The van der Waals surface area contributed by atoms with Crippen LogP contribution in [0, 0.1) is 6.92 Å². The zero-order valence-electron chi connectivity index (χ0n) is 14.9. The van der Waals surface area contributed by atoms with Crippen LogP contribution in [0.15, 0.2) is 48.8 Å². The zero-order chi connectivity index (χ0) is 17.9. The number of aromatic nitrogens is 3. The fraction of sp³-hybridized carbons (Fsp3) is 0.286.